The van der Waals surface area contributed by atoms with Crippen molar-refractivity contribution >= 4 is 35.5 Å². The predicted molar refractivity (Wildman–Crippen MR) is 125 cm³/mol. The van der Waals surface area contributed by atoms with Gasteiger partial charge in [0.15, 0.2) is 0 Å². The van der Waals surface area contributed by atoms with Gasteiger partial charge < -0.3 is 10.8 Å². The Morgan fingerprint density at radius 3 is 2.08 bits per heavy atom. The number of nitrogens with two attached hydrogens (primary N) is 1. The molecule has 0 saturated carbocycles. The normalized spacial score (nSPS) is 22.7. The van der Waals surface area contributed by atoms with Gasteiger partial charge in [-0.05, 0) is 44.5 Å². The highest BCUT2D eigenvalue weighted by molar-refractivity contribution is 6.23. The van der Waals surface area contributed by atoms with Crippen LogP contribution >= 0.6 is 0 Å². The molecule has 3 heterocycles. The number of carbonyl (C=O) groups excluding carboxylic acids is 5. The fourth-order valence-corrected chi connectivity index (χ4v) is 5.92. The SMILES string of the molecule is CC(C)(CN1C(=O)CCC(N2C(=O)c3ccccc3C2=O)C1=O)[C@@](CC(=O)O)(C(N)=O)N1CCCC1. The predicted octanol–water partition coefficient (Wildman–Crippen LogP) is 0.621. The van der Waals surface area contributed by atoms with Crippen molar-refractivity contribution in [2.75, 3.05) is 19.6 Å². The van der Waals surface area contributed by atoms with Crippen LogP contribution < -0.4 is 5.73 Å². The number of rotatable bonds is 8. The highest BCUT2D eigenvalue weighted by atomic mass is 16.4. The number of imide groups is 2. The van der Waals surface area contributed by atoms with Gasteiger partial charge in [0.05, 0.1) is 17.5 Å². The number of piperidine rings is 1. The Balaban J connectivity index is 1.66. The number of carboxylic acid groups (broad SMARTS) is 1. The zero-order chi connectivity index (χ0) is 26.4. The second kappa shape index (κ2) is 9.12. The van der Waals surface area contributed by atoms with Gasteiger partial charge in [-0.15, -0.1) is 0 Å². The van der Waals surface area contributed by atoms with Crippen molar-refractivity contribution in [1.29, 1.82) is 0 Å². The summed E-state index contributed by atoms with van der Waals surface area (Å²) in [5.41, 5.74) is 3.33. The molecule has 1 unspecified atom stereocenters. The number of benzene rings is 1. The Morgan fingerprint density at radius 2 is 1.58 bits per heavy atom. The van der Waals surface area contributed by atoms with E-state index in [1.165, 1.54) is 12.1 Å². The van der Waals surface area contributed by atoms with E-state index in [-0.39, 0.29) is 30.5 Å². The maximum atomic E-state index is 13.6. The molecule has 2 atom stereocenters. The second-order valence-electron chi connectivity index (χ2n) is 10.3. The lowest BCUT2D eigenvalue weighted by atomic mass is 9.67. The molecule has 3 aliphatic rings. The molecule has 0 radical (unpaired) electrons. The molecule has 1 aromatic carbocycles. The van der Waals surface area contributed by atoms with Crippen molar-refractivity contribution in [3.8, 4) is 0 Å². The van der Waals surface area contributed by atoms with E-state index in [1.54, 1.807) is 30.9 Å². The number of fused-ring (bicyclic) bond motifs is 1. The number of nitrogens with zero attached hydrogens (tertiary/aromatic N) is 3. The third-order valence-electron chi connectivity index (χ3n) is 7.75. The van der Waals surface area contributed by atoms with Gasteiger partial charge in [0.1, 0.15) is 11.6 Å². The average Bonchev–Trinajstić information content (AvgIpc) is 3.43. The van der Waals surface area contributed by atoms with E-state index < -0.39 is 58.9 Å². The molecule has 4 rings (SSSR count). The minimum atomic E-state index is -1.65. The number of hydrogen-bond acceptors (Lipinski definition) is 7. The Morgan fingerprint density at radius 1 is 1.03 bits per heavy atom. The number of primary amides is 1. The maximum Gasteiger partial charge on any atom is 0.305 e. The van der Waals surface area contributed by atoms with Gasteiger partial charge in [-0.3, -0.25) is 43.5 Å². The smallest absolute Gasteiger partial charge is 0.305 e. The molecule has 11 nitrogen and oxygen atoms in total. The molecular weight excluding hydrogens is 468 g/mol. The molecule has 5 amide bonds. The first-order valence-electron chi connectivity index (χ1n) is 12.0. The van der Waals surface area contributed by atoms with Crippen LogP contribution in [0.4, 0.5) is 0 Å². The van der Waals surface area contributed by atoms with Crippen molar-refractivity contribution in [1.82, 2.24) is 14.7 Å². The van der Waals surface area contributed by atoms with E-state index in [9.17, 15) is 33.9 Å². The minimum Gasteiger partial charge on any atom is -0.481 e. The van der Waals surface area contributed by atoms with Crippen LogP contribution in [0.2, 0.25) is 0 Å². The first kappa shape index (κ1) is 25.5. The van der Waals surface area contributed by atoms with E-state index in [2.05, 4.69) is 0 Å². The summed E-state index contributed by atoms with van der Waals surface area (Å²) in [5.74, 6) is -4.52. The average molecular weight is 499 g/mol. The molecule has 1 aromatic rings. The van der Waals surface area contributed by atoms with Gasteiger partial charge in [-0.1, -0.05) is 26.0 Å². The summed E-state index contributed by atoms with van der Waals surface area (Å²) in [4.78, 5) is 80.9. The molecule has 0 bridgehead atoms. The molecule has 0 spiro atoms. The van der Waals surface area contributed by atoms with Crippen molar-refractivity contribution in [2.24, 2.45) is 11.1 Å². The molecule has 3 aliphatic heterocycles. The lowest BCUT2D eigenvalue weighted by Crippen LogP contribution is -2.69. The third-order valence-corrected chi connectivity index (χ3v) is 7.75. The molecule has 36 heavy (non-hydrogen) atoms. The van der Waals surface area contributed by atoms with Crippen LogP contribution in [-0.2, 0) is 19.2 Å². The van der Waals surface area contributed by atoms with Crippen LogP contribution in [0.25, 0.3) is 0 Å². The summed E-state index contributed by atoms with van der Waals surface area (Å²) in [7, 11) is 0. The van der Waals surface area contributed by atoms with Crippen LogP contribution in [0, 0.1) is 5.41 Å². The molecule has 11 heteroatoms. The Hall–Kier alpha value is -3.60. The molecule has 192 valence electrons. The van der Waals surface area contributed by atoms with Gasteiger partial charge in [0.2, 0.25) is 11.8 Å². The van der Waals surface area contributed by atoms with E-state index in [4.69, 9.17) is 5.73 Å². The lowest BCUT2D eigenvalue weighted by Gasteiger charge is -2.51. The molecule has 2 fully saturated rings. The van der Waals surface area contributed by atoms with Gasteiger partial charge in [0.25, 0.3) is 17.7 Å². The Kier molecular flexibility index (Phi) is 6.46. The van der Waals surface area contributed by atoms with Gasteiger partial charge >= 0.3 is 5.97 Å². The van der Waals surface area contributed by atoms with Crippen molar-refractivity contribution in [2.45, 2.75) is 57.5 Å². The van der Waals surface area contributed by atoms with E-state index in [0.717, 1.165) is 22.6 Å². The summed E-state index contributed by atoms with van der Waals surface area (Å²) in [5, 5.41) is 9.70. The first-order chi connectivity index (χ1) is 16.9. The Bertz CT molecular complexity index is 1120. The zero-order valence-corrected chi connectivity index (χ0v) is 20.4. The second-order valence-corrected chi connectivity index (χ2v) is 10.3. The summed E-state index contributed by atoms with van der Waals surface area (Å²) in [6.07, 6.45) is 0.823. The highest BCUT2D eigenvalue weighted by Gasteiger charge is 2.58. The van der Waals surface area contributed by atoms with Gasteiger partial charge in [0, 0.05) is 18.4 Å². The number of carbonyl (C=O) groups is 6. The van der Waals surface area contributed by atoms with Gasteiger partial charge in [-0.25, -0.2) is 0 Å². The molecule has 3 N–H and O–H groups in total. The monoisotopic (exact) mass is 498 g/mol. The number of aliphatic carboxylic acids is 1. The summed E-state index contributed by atoms with van der Waals surface area (Å²) in [6, 6.07) is 5.09. The number of carboxylic acids is 1. The molecular formula is C25H30N4O7. The quantitative estimate of drug-likeness (QED) is 0.494. The summed E-state index contributed by atoms with van der Waals surface area (Å²) in [6.45, 7) is 3.85. The summed E-state index contributed by atoms with van der Waals surface area (Å²) >= 11 is 0. The number of amides is 5. The van der Waals surface area contributed by atoms with Crippen LogP contribution in [-0.4, -0.2) is 86.5 Å². The fraction of sp³-hybridized carbons (Fsp3) is 0.520. The van der Waals surface area contributed by atoms with Crippen LogP contribution in [0.3, 0.4) is 0 Å². The zero-order valence-electron chi connectivity index (χ0n) is 20.4. The van der Waals surface area contributed by atoms with E-state index in [0.29, 0.717) is 13.1 Å². The summed E-state index contributed by atoms with van der Waals surface area (Å²) < 4.78 is 0. The van der Waals surface area contributed by atoms with Crippen LogP contribution in [0.1, 0.15) is 66.7 Å². The van der Waals surface area contributed by atoms with Crippen molar-refractivity contribution in [3.63, 3.8) is 0 Å². The molecule has 2 saturated heterocycles. The van der Waals surface area contributed by atoms with Crippen molar-refractivity contribution in [3.05, 3.63) is 35.4 Å². The standard InChI is InChI=1S/C25H30N4O7/c1-24(2,25(23(26)36,13-19(31)32)27-11-5-6-12-27)14-28-18(30)10-9-17(22(28)35)29-20(33)15-7-3-4-8-16(15)21(29)34/h3-4,7-8,17H,5-6,9-14H2,1-2H3,(H2,26,36)(H,31,32)/t17?,25-/m1/s1. The van der Waals surface area contributed by atoms with Crippen LogP contribution in [0.15, 0.2) is 24.3 Å². The topological polar surface area (TPSA) is 158 Å². The number of likely N-dealkylation sites (tertiary alicyclic amines) is 2. The third kappa shape index (κ3) is 3.87. The number of hydrogen-bond donors (Lipinski definition) is 2. The Labute approximate surface area is 208 Å². The first-order valence-corrected chi connectivity index (χ1v) is 12.0. The van der Waals surface area contributed by atoms with Gasteiger partial charge in [-0.2, -0.15) is 0 Å². The van der Waals surface area contributed by atoms with E-state index >= 15 is 0 Å². The van der Waals surface area contributed by atoms with E-state index in [1.807, 2.05) is 0 Å². The molecule has 0 aliphatic carbocycles. The van der Waals surface area contributed by atoms with Crippen molar-refractivity contribution < 1.29 is 33.9 Å². The highest BCUT2D eigenvalue weighted by Crippen LogP contribution is 2.42. The lowest BCUT2D eigenvalue weighted by molar-refractivity contribution is -0.161. The largest absolute Gasteiger partial charge is 0.481 e. The van der Waals surface area contributed by atoms with Crippen LogP contribution in [0.5, 0.6) is 0 Å². The fourth-order valence-electron chi connectivity index (χ4n) is 5.92. The molecule has 0 aromatic heterocycles. The minimum absolute atomic E-state index is 0.0116. The maximum absolute atomic E-state index is 13.6.